The second-order valence-corrected chi connectivity index (χ2v) is 6.14. The van der Waals surface area contributed by atoms with E-state index in [4.69, 9.17) is 15.2 Å². The number of rotatable bonds is 6. The summed E-state index contributed by atoms with van der Waals surface area (Å²) in [5.41, 5.74) is 6.34. The zero-order valence-corrected chi connectivity index (χ0v) is 12.0. The van der Waals surface area contributed by atoms with Crippen LogP contribution in [0.25, 0.3) is 0 Å². The molecule has 4 heteroatoms. The van der Waals surface area contributed by atoms with E-state index in [1.54, 1.807) is 14.2 Å². The lowest BCUT2D eigenvalue weighted by Crippen LogP contribution is -2.53. The van der Waals surface area contributed by atoms with E-state index >= 15 is 0 Å². The van der Waals surface area contributed by atoms with Crippen LogP contribution in [0.5, 0.6) is 0 Å². The molecule has 1 rings (SSSR count). The quantitative estimate of drug-likeness (QED) is 0.718. The van der Waals surface area contributed by atoms with Gasteiger partial charge >= 0.3 is 0 Å². The number of nitrogens with two attached hydrogens (primary N) is 1. The Balaban J connectivity index is 2.68. The molecule has 0 radical (unpaired) electrons. The Morgan fingerprint density at radius 2 is 1.94 bits per heavy atom. The van der Waals surface area contributed by atoms with Crippen LogP contribution < -0.4 is 5.73 Å². The van der Waals surface area contributed by atoms with Crippen molar-refractivity contribution < 1.29 is 9.47 Å². The van der Waals surface area contributed by atoms with Gasteiger partial charge in [0, 0.05) is 39.3 Å². The van der Waals surface area contributed by atoms with Crippen molar-refractivity contribution in [2.45, 2.75) is 45.4 Å². The lowest BCUT2D eigenvalue weighted by Gasteiger charge is -2.40. The van der Waals surface area contributed by atoms with Crippen molar-refractivity contribution in [2.24, 2.45) is 11.1 Å². The number of hydrogen-bond donors (Lipinski definition) is 1. The number of likely N-dealkylation sites (tertiary alicyclic amines) is 1. The minimum absolute atomic E-state index is 0.0372. The first-order chi connectivity index (χ1) is 7.87. The Labute approximate surface area is 105 Å². The van der Waals surface area contributed by atoms with Crippen LogP contribution in [0, 0.1) is 5.41 Å². The Morgan fingerprint density at radius 1 is 1.35 bits per heavy atom. The van der Waals surface area contributed by atoms with Gasteiger partial charge in [-0.1, -0.05) is 13.8 Å². The van der Waals surface area contributed by atoms with Crippen molar-refractivity contribution >= 4 is 0 Å². The van der Waals surface area contributed by atoms with Crippen LogP contribution in [0.15, 0.2) is 0 Å². The van der Waals surface area contributed by atoms with Gasteiger partial charge in [-0.3, -0.25) is 4.90 Å². The summed E-state index contributed by atoms with van der Waals surface area (Å²) in [7, 11) is 3.36. The molecular weight excluding hydrogens is 216 g/mol. The molecule has 1 fully saturated rings. The maximum absolute atomic E-state index is 5.98. The first-order valence-electron chi connectivity index (χ1n) is 6.37. The maximum atomic E-state index is 5.98. The largest absolute Gasteiger partial charge is 0.356 e. The SMILES string of the molecule is COC(CC(C)(CN)N1CCC(C)(C)C1)OC. The van der Waals surface area contributed by atoms with Crippen LogP contribution in [0.1, 0.15) is 33.6 Å². The fraction of sp³-hybridized carbons (Fsp3) is 1.00. The van der Waals surface area contributed by atoms with Gasteiger partial charge in [-0.25, -0.2) is 0 Å². The van der Waals surface area contributed by atoms with Crippen molar-refractivity contribution in [1.29, 1.82) is 0 Å². The van der Waals surface area contributed by atoms with Crippen LogP contribution in [-0.4, -0.2) is 50.6 Å². The van der Waals surface area contributed by atoms with E-state index in [0.717, 1.165) is 19.5 Å². The second kappa shape index (κ2) is 5.65. The Kier molecular flexibility index (Phi) is 4.95. The minimum atomic E-state index is -0.174. The van der Waals surface area contributed by atoms with E-state index < -0.39 is 0 Å². The van der Waals surface area contributed by atoms with Crippen molar-refractivity contribution in [3.63, 3.8) is 0 Å². The average molecular weight is 244 g/mol. The molecule has 4 nitrogen and oxygen atoms in total. The highest BCUT2D eigenvalue weighted by molar-refractivity contribution is 4.95. The minimum Gasteiger partial charge on any atom is -0.356 e. The van der Waals surface area contributed by atoms with Gasteiger partial charge in [0.2, 0.25) is 0 Å². The van der Waals surface area contributed by atoms with Crippen molar-refractivity contribution in [3.8, 4) is 0 Å². The summed E-state index contributed by atoms with van der Waals surface area (Å²) in [6.45, 7) is 9.68. The monoisotopic (exact) mass is 244 g/mol. The molecule has 0 saturated carbocycles. The zero-order chi connectivity index (χ0) is 13.1. The molecule has 1 aliphatic heterocycles. The van der Waals surface area contributed by atoms with E-state index in [0.29, 0.717) is 12.0 Å². The van der Waals surface area contributed by atoms with Crippen molar-refractivity contribution in [2.75, 3.05) is 33.9 Å². The number of methoxy groups -OCH3 is 2. The fourth-order valence-corrected chi connectivity index (χ4v) is 2.54. The Hall–Kier alpha value is -0.160. The third-order valence-electron chi connectivity index (χ3n) is 4.01. The summed E-state index contributed by atoms with van der Waals surface area (Å²) in [5, 5.41) is 0. The van der Waals surface area contributed by atoms with Gasteiger partial charge in [-0.05, 0) is 25.3 Å². The molecule has 2 N–H and O–H groups in total. The first-order valence-corrected chi connectivity index (χ1v) is 6.37. The predicted molar refractivity (Wildman–Crippen MR) is 69.9 cm³/mol. The van der Waals surface area contributed by atoms with E-state index in [2.05, 4.69) is 25.7 Å². The zero-order valence-electron chi connectivity index (χ0n) is 12.0. The molecule has 0 aromatic heterocycles. The van der Waals surface area contributed by atoms with Gasteiger partial charge in [0.05, 0.1) is 0 Å². The molecule has 0 aromatic carbocycles. The average Bonchev–Trinajstić information content (AvgIpc) is 2.67. The molecule has 0 amide bonds. The van der Waals surface area contributed by atoms with Gasteiger partial charge in [-0.15, -0.1) is 0 Å². The molecule has 1 aliphatic rings. The van der Waals surface area contributed by atoms with E-state index in [1.165, 1.54) is 6.42 Å². The van der Waals surface area contributed by atoms with Gasteiger partial charge in [0.1, 0.15) is 0 Å². The molecule has 1 atom stereocenters. The van der Waals surface area contributed by atoms with Gasteiger partial charge in [0.25, 0.3) is 0 Å². The van der Waals surface area contributed by atoms with Crippen LogP contribution in [0.2, 0.25) is 0 Å². The second-order valence-electron chi connectivity index (χ2n) is 6.14. The van der Waals surface area contributed by atoms with Gasteiger partial charge in [-0.2, -0.15) is 0 Å². The third-order valence-corrected chi connectivity index (χ3v) is 4.01. The summed E-state index contributed by atoms with van der Waals surface area (Å²) in [6, 6.07) is 0. The number of nitrogens with zero attached hydrogens (tertiary/aromatic N) is 1. The Morgan fingerprint density at radius 3 is 2.29 bits per heavy atom. The van der Waals surface area contributed by atoms with E-state index in [-0.39, 0.29) is 11.8 Å². The molecular formula is C13H28N2O2. The van der Waals surface area contributed by atoms with Crippen LogP contribution in [0.4, 0.5) is 0 Å². The normalized spacial score (nSPS) is 24.2. The third kappa shape index (κ3) is 3.65. The standard InChI is InChI=1S/C13H28N2O2/c1-12(2)6-7-15(10-12)13(3,9-14)8-11(16-4)17-5/h11H,6-10,14H2,1-5H3. The maximum Gasteiger partial charge on any atom is 0.158 e. The van der Waals surface area contributed by atoms with E-state index in [9.17, 15) is 0 Å². The summed E-state index contributed by atoms with van der Waals surface area (Å²) < 4.78 is 10.6. The van der Waals surface area contributed by atoms with Gasteiger partial charge < -0.3 is 15.2 Å². The molecule has 102 valence electrons. The molecule has 17 heavy (non-hydrogen) atoms. The molecule has 1 unspecified atom stereocenters. The number of hydrogen-bond acceptors (Lipinski definition) is 4. The van der Waals surface area contributed by atoms with E-state index in [1.807, 2.05) is 0 Å². The summed E-state index contributed by atoms with van der Waals surface area (Å²) >= 11 is 0. The highest BCUT2D eigenvalue weighted by Crippen LogP contribution is 2.35. The summed E-state index contributed by atoms with van der Waals surface area (Å²) in [5.74, 6) is 0. The highest BCUT2D eigenvalue weighted by atomic mass is 16.7. The molecule has 1 saturated heterocycles. The summed E-state index contributed by atoms with van der Waals surface area (Å²) in [6.07, 6.45) is 1.87. The summed E-state index contributed by atoms with van der Waals surface area (Å²) in [4.78, 5) is 2.48. The molecule has 0 aromatic rings. The van der Waals surface area contributed by atoms with Gasteiger partial charge in [0.15, 0.2) is 6.29 Å². The molecule has 0 aliphatic carbocycles. The fourth-order valence-electron chi connectivity index (χ4n) is 2.54. The number of ether oxygens (including phenoxy) is 2. The molecule has 0 bridgehead atoms. The lowest BCUT2D eigenvalue weighted by atomic mass is 9.91. The topological polar surface area (TPSA) is 47.7 Å². The molecule has 0 spiro atoms. The van der Waals surface area contributed by atoms with Crippen LogP contribution in [-0.2, 0) is 9.47 Å². The van der Waals surface area contributed by atoms with Crippen LogP contribution in [0.3, 0.4) is 0 Å². The lowest BCUT2D eigenvalue weighted by molar-refractivity contribution is -0.127. The van der Waals surface area contributed by atoms with Crippen molar-refractivity contribution in [3.05, 3.63) is 0 Å². The van der Waals surface area contributed by atoms with Crippen molar-refractivity contribution in [1.82, 2.24) is 4.90 Å². The highest BCUT2D eigenvalue weighted by Gasteiger charge is 2.40. The Bertz CT molecular complexity index is 242. The predicted octanol–water partition coefficient (Wildman–Crippen LogP) is 1.44. The smallest absolute Gasteiger partial charge is 0.158 e. The van der Waals surface area contributed by atoms with Crippen LogP contribution >= 0.6 is 0 Å². The molecule has 1 heterocycles. The first kappa shape index (κ1) is 14.9.